The second-order valence-corrected chi connectivity index (χ2v) is 5.81. The van der Waals surface area contributed by atoms with Gasteiger partial charge in [-0.3, -0.25) is 4.90 Å². The first-order valence-corrected chi connectivity index (χ1v) is 7.25. The first-order chi connectivity index (χ1) is 8.49. The van der Waals surface area contributed by atoms with E-state index in [0.717, 1.165) is 19.5 Å². The lowest BCUT2D eigenvalue weighted by atomic mass is 10.0. The van der Waals surface area contributed by atoms with Gasteiger partial charge < -0.3 is 15.4 Å². The molecule has 0 aliphatic carbocycles. The molecule has 1 heterocycles. The quantitative estimate of drug-likeness (QED) is 0.743. The highest BCUT2D eigenvalue weighted by atomic mass is 16.5. The van der Waals surface area contributed by atoms with Crippen LogP contribution >= 0.6 is 0 Å². The smallest absolute Gasteiger partial charge is 0.0747 e. The van der Waals surface area contributed by atoms with Crippen molar-refractivity contribution >= 4 is 0 Å². The van der Waals surface area contributed by atoms with E-state index in [-0.39, 0.29) is 0 Å². The monoisotopic (exact) mass is 257 g/mol. The summed E-state index contributed by atoms with van der Waals surface area (Å²) in [5, 5.41) is 0. The molecule has 0 aromatic heterocycles. The SMILES string of the molecule is CCN(C(C)CN(C)C)C(CN)C1CCC(C)O1. The topological polar surface area (TPSA) is 41.7 Å². The molecule has 0 radical (unpaired) electrons. The molecule has 1 saturated heterocycles. The highest BCUT2D eigenvalue weighted by molar-refractivity contribution is 4.88. The maximum atomic E-state index is 6.02. The third kappa shape index (κ3) is 4.19. The summed E-state index contributed by atoms with van der Waals surface area (Å²) < 4.78 is 6.02. The van der Waals surface area contributed by atoms with Crippen molar-refractivity contribution in [3.05, 3.63) is 0 Å². The van der Waals surface area contributed by atoms with Crippen molar-refractivity contribution in [1.82, 2.24) is 9.80 Å². The van der Waals surface area contributed by atoms with Crippen molar-refractivity contribution in [2.45, 2.75) is 57.9 Å². The van der Waals surface area contributed by atoms with Crippen molar-refractivity contribution in [1.29, 1.82) is 0 Å². The van der Waals surface area contributed by atoms with Gasteiger partial charge in [-0.15, -0.1) is 0 Å². The minimum Gasteiger partial charge on any atom is -0.374 e. The zero-order valence-corrected chi connectivity index (χ0v) is 12.7. The third-order valence-corrected chi connectivity index (χ3v) is 3.92. The van der Waals surface area contributed by atoms with Crippen molar-refractivity contribution in [3.63, 3.8) is 0 Å². The van der Waals surface area contributed by atoms with E-state index in [1.807, 2.05) is 0 Å². The summed E-state index contributed by atoms with van der Waals surface area (Å²) in [6.07, 6.45) is 3.02. The fourth-order valence-corrected chi connectivity index (χ4v) is 3.12. The number of ether oxygens (including phenoxy) is 1. The van der Waals surface area contributed by atoms with Gasteiger partial charge in [0.1, 0.15) is 0 Å². The van der Waals surface area contributed by atoms with Gasteiger partial charge in [-0.2, -0.15) is 0 Å². The zero-order chi connectivity index (χ0) is 13.7. The van der Waals surface area contributed by atoms with E-state index in [4.69, 9.17) is 10.5 Å². The molecular weight excluding hydrogens is 226 g/mol. The molecule has 1 aliphatic rings. The summed E-state index contributed by atoms with van der Waals surface area (Å²) in [6.45, 7) is 9.44. The zero-order valence-electron chi connectivity index (χ0n) is 12.7. The molecule has 0 saturated carbocycles. The lowest BCUT2D eigenvalue weighted by molar-refractivity contribution is -0.0166. The van der Waals surface area contributed by atoms with Crippen molar-refractivity contribution < 1.29 is 4.74 Å². The van der Waals surface area contributed by atoms with Crippen LogP contribution in [0.5, 0.6) is 0 Å². The Labute approximate surface area is 112 Å². The molecule has 108 valence electrons. The van der Waals surface area contributed by atoms with Gasteiger partial charge in [-0.25, -0.2) is 0 Å². The number of nitrogens with two attached hydrogens (primary N) is 1. The summed E-state index contributed by atoms with van der Waals surface area (Å²) in [5.74, 6) is 0. The molecule has 4 heteroatoms. The van der Waals surface area contributed by atoms with Gasteiger partial charge in [-0.1, -0.05) is 6.92 Å². The Bertz CT molecular complexity index is 235. The molecule has 2 N–H and O–H groups in total. The molecule has 0 amide bonds. The lowest BCUT2D eigenvalue weighted by Gasteiger charge is -2.39. The number of hydrogen-bond acceptors (Lipinski definition) is 4. The maximum absolute atomic E-state index is 6.02. The van der Waals surface area contributed by atoms with Gasteiger partial charge in [0.25, 0.3) is 0 Å². The molecule has 0 spiro atoms. The molecule has 0 bridgehead atoms. The Balaban J connectivity index is 2.64. The summed E-state index contributed by atoms with van der Waals surface area (Å²) in [4.78, 5) is 4.74. The second kappa shape index (κ2) is 7.43. The van der Waals surface area contributed by atoms with Crippen molar-refractivity contribution in [2.24, 2.45) is 5.73 Å². The van der Waals surface area contributed by atoms with Crippen LogP contribution in [0.2, 0.25) is 0 Å². The maximum Gasteiger partial charge on any atom is 0.0747 e. The number of rotatable bonds is 7. The Morgan fingerprint density at radius 2 is 2.00 bits per heavy atom. The predicted octanol–water partition coefficient (Wildman–Crippen LogP) is 1.15. The minimum absolute atomic E-state index is 0.314. The van der Waals surface area contributed by atoms with Crippen LogP contribution in [-0.2, 0) is 4.74 Å². The summed E-state index contributed by atoms with van der Waals surface area (Å²) in [7, 11) is 4.24. The van der Waals surface area contributed by atoms with Crippen LogP contribution < -0.4 is 5.73 Å². The van der Waals surface area contributed by atoms with E-state index >= 15 is 0 Å². The standard InChI is InChI=1S/C14H31N3O/c1-6-17(11(2)10-16(4)5)13(9-15)14-8-7-12(3)18-14/h11-14H,6-10,15H2,1-5H3. The first-order valence-electron chi connectivity index (χ1n) is 7.25. The van der Waals surface area contributed by atoms with Gasteiger partial charge in [0.2, 0.25) is 0 Å². The van der Waals surface area contributed by atoms with Crippen LogP contribution in [0.4, 0.5) is 0 Å². The fraction of sp³-hybridized carbons (Fsp3) is 1.00. The molecule has 1 aliphatic heterocycles. The van der Waals surface area contributed by atoms with E-state index in [1.165, 1.54) is 6.42 Å². The Morgan fingerprint density at radius 3 is 2.39 bits per heavy atom. The lowest BCUT2D eigenvalue weighted by Crippen LogP contribution is -2.54. The normalized spacial score (nSPS) is 28.0. The highest BCUT2D eigenvalue weighted by Crippen LogP contribution is 2.25. The number of hydrogen-bond donors (Lipinski definition) is 1. The van der Waals surface area contributed by atoms with Gasteiger partial charge >= 0.3 is 0 Å². The molecule has 1 fully saturated rings. The van der Waals surface area contributed by atoms with Gasteiger partial charge in [0.15, 0.2) is 0 Å². The van der Waals surface area contributed by atoms with Gasteiger partial charge in [-0.05, 0) is 47.3 Å². The van der Waals surface area contributed by atoms with Crippen LogP contribution in [0, 0.1) is 0 Å². The van der Waals surface area contributed by atoms with Crippen molar-refractivity contribution in [2.75, 3.05) is 33.7 Å². The Morgan fingerprint density at radius 1 is 1.33 bits per heavy atom. The molecule has 0 aromatic rings. The van der Waals surface area contributed by atoms with Crippen LogP contribution in [0.1, 0.15) is 33.6 Å². The molecule has 1 rings (SSSR count). The van der Waals surface area contributed by atoms with Crippen LogP contribution in [-0.4, -0.2) is 67.8 Å². The van der Waals surface area contributed by atoms with Crippen LogP contribution in [0.3, 0.4) is 0 Å². The average molecular weight is 257 g/mol. The molecular formula is C14H31N3O. The van der Waals surface area contributed by atoms with E-state index in [2.05, 4.69) is 44.7 Å². The highest BCUT2D eigenvalue weighted by Gasteiger charge is 2.33. The average Bonchev–Trinajstić information content (AvgIpc) is 2.71. The fourth-order valence-electron chi connectivity index (χ4n) is 3.12. The van der Waals surface area contributed by atoms with E-state index in [0.29, 0.717) is 30.8 Å². The Hall–Kier alpha value is -0.160. The van der Waals surface area contributed by atoms with Gasteiger partial charge in [0, 0.05) is 25.2 Å². The summed E-state index contributed by atoms with van der Waals surface area (Å²) in [5.41, 5.74) is 6.01. The molecule has 0 aromatic carbocycles. The van der Waals surface area contributed by atoms with Crippen LogP contribution in [0.25, 0.3) is 0 Å². The largest absolute Gasteiger partial charge is 0.374 e. The summed E-state index contributed by atoms with van der Waals surface area (Å²) in [6, 6.07) is 0.868. The van der Waals surface area contributed by atoms with E-state index in [1.54, 1.807) is 0 Å². The third-order valence-electron chi connectivity index (χ3n) is 3.92. The summed E-state index contributed by atoms with van der Waals surface area (Å²) >= 11 is 0. The molecule has 4 nitrogen and oxygen atoms in total. The van der Waals surface area contributed by atoms with Crippen LogP contribution in [0.15, 0.2) is 0 Å². The first kappa shape index (κ1) is 15.9. The molecule has 4 unspecified atom stereocenters. The molecule has 4 atom stereocenters. The Kier molecular flexibility index (Phi) is 6.57. The number of likely N-dealkylation sites (N-methyl/N-ethyl adjacent to an activating group) is 2. The van der Waals surface area contributed by atoms with Gasteiger partial charge in [0.05, 0.1) is 12.2 Å². The van der Waals surface area contributed by atoms with E-state index in [9.17, 15) is 0 Å². The molecule has 18 heavy (non-hydrogen) atoms. The second-order valence-electron chi connectivity index (χ2n) is 5.81. The number of nitrogens with zero attached hydrogens (tertiary/aromatic N) is 2. The predicted molar refractivity (Wildman–Crippen MR) is 76.8 cm³/mol. The van der Waals surface area contributed by atoms with Crippen molar-refractivity contribution in [3.8, 4) is 0 Å². The minimum atomic E-state index is 0.314. The van der Waals surface area contributed by atoms with E-state index < -0.39 is 0 Å².